The van der Waals surface area contributed by atoms with Gasteiger partial charge in [-0.25, -0.2) is 14.8 Å². The maximum Gasteiger partial charge on any atom is 0.325 e. The second-order valence-electron chi connectivity index (χ2n) is 6.05. The van der Waals surface area contributed by atoms with Gasteiger partial charge in [-0.2, -0.15) is 0 Å². The molecular formula is C18H21N5O3. The molecule has 0 spiro atoms. The molecule has 2 aromatic rings. The molecule has 8 heteroatoms. The molecule has 1 N–H and O–H groups in total. The molecule has 8 nitrogen and oxygen atoms in total. The molecule has 3 amide bonds. The van der Waals surface area contributed by atoms with Crippen LogP contribution in [0.4, 0.5) is 16.4 Å². The highest BCUT2D eigenvalue weighted by atomic mass is 16.5. The number of rotatable bonds is 5. The minimum absolute atomic E-state index is 0.0547. The largest absolute Gasteiger partial charge is 0.495 e. The zero-order valence-corrected chi connectivity index (χ0v) is 15.0. The quantitative estimate of drug-likeness (QED) is 0.886. The van der Waals surface area contributed by atoms with Crippen LogP contribution in [0, 0.1) is 13.8 Å². The van der Waals surface area contributed by atoms with Crippen LogP contribution in [0.15, 0.2) is 30.3 Å². The Morgan fingerprint density at radius 3 is 2.58 bits per heavy atom. The third-order valence-corrected chi connectivity index (χ3v) is 4.04. The lowest BCUT2D eigenvalue weighted by Gasteiger charge is -2.20. The van der Waals surface area contributed by atoms with Gasteiger partial charge < -0.3 is 9.64 Å². The van der Waals surface area contributed by atoms with Crippen molar-refractivity contribution >= 4 is 23.6 Å². The Labute approximate surface area is 151 Å². The first-order chi connectivity index (χ1) is 12.5. The molecule has 1 aromatic carbocycles. The van der Waals surface area contributed by atoms with Crippen LogP contribution in [0.3, 0.4) is 0 Å². The van der Waals surface area contributed by atoms with Gasteiger partial charge in [-0.05, 0) is 32.0 Å². The van der Waals surface area contributed by atoms with Gasteiger partial charge in [0.05, 0.1) is 12.8 Å². The summed E-state index contributed by atoms with van der Waals surface area (Å²) in [6.07, 6.45) is 0. The van der Waals surface area contributed by atoms with Gasteiger partial charge >= 0.3 is 6.03 Å². The van der Waals surface area contributed by atoms with Crippen LogP contribution in [-0.2, 0) is 4.79 Å². The number of nitrogens with one attached hydrogen (secondary N) is 1. The van der Waals surface area contributed by atoms with Crippen LogP contribution in [0.1, 0.15) is 11.4 Å². The zero-order chi connectivity index (χ0) is 18.7. The lowest BCUT2D eigenvalue weighted by Crippen LogP contribution is -2.37. The van der Waals surface area contributed by atoms with Gasteiger partial charge in [0, 0.05) is 24.5 Å². The van der Waals surface area contributed by atoms with Crippen molar-refractivity contribution in [3.05, 3.63) is 41.7 Å². The van der Waals surface area contributed by atoms with E-state index in [0.717, 1.165) is 11.4 Å². The molecule has 3 rings (SSSR count). The molecule has 1 aliphatic rings. The van der Waals surface area contributed by atoms with Gasteiger partial charge in [-0.3, -0.25) is 15.0 Å². The third kappa shape index (κ3) is 3.74. The molecule has 0 aliphatic carbocycles. The van der Waals surface area contributed by atoms with Crippen LogP contribution >= 0.6 is 0 Å². The third-order valence-electron chi connectivity index (χ3n) is 4.04. The number of amides is 3. The number of methoxy groups -OCH3 is 1. The summed E-state index contributed by atoms with van der Waals surface area (Å²) in [4.78, 5) is 36.4. The summed E-state index contributed by atoms with van der Waals surface area (Å²) < 4.78 is 5.32. The average Bonchev–Trinajstić information content (AvgIpc) is 2.94. The molecule has 26 heavy (non-hydrogen) atoms. The highest BCUT2D eigenvalue weighted by Gasteiger charge is 2.32. The van der Waals surface area contributed by atoms with Gasteiger partial charge in [0.2, 0.25) is 11.9 Å². The first-order valence-electron chi connectivity index (χ1n) is 8.29. The summed E-state index contributed by atoms with van der Waals surface area (Å²) >= 11 is 0. The predicted molar refractivity (Wildman–Crippen MR) is 97.4 cm³/mol. The lowest BCUT2D eigenvalue weighted by atomic mass is 10.2. The number of carbonyl (C=O) groups excluding carboxylic acids is 2. The number of hydrogen-bond donors (Lipinski definition) is 1. The highest BCUT2D eigenvalue weighted by Crippen LogP contribution is 2.30. The average molecular weight is 355 g/mol. The molecule has 1 fully saturated rings. The molecule has 0 radical (unpaired) electrons. The maximum atomic E-state index is 12.7. The summed E-state index contributed by atoms with van der Waals surface area (Å²) in [5.41, 5.74) is 2.24. The first kappa shape index (κ1) is 17.7. The number of hydrogen-bond acceptors (Lipinski definition) is 5. The van der Waals surface area contributed by atoms with Crippen molar-refractivity contribution in [2.24, 2.45) is 0 Å². The monoisotopic (exact) mass is 355 g/mol. The van der Waals surface area contributed by atoms with Gasteiger partial charge in [-0.15, -0.1) is 0 Å². The summed E-state index contributed by atoms with van der Waals surface area (Å²) in [6.45, 7) is 4.56. The standard InChI is InChI=1S/C18H21N5O3/c1-12-10-13(2)20-17(19-12)21-16(24)11-22-8-9-23(18(22)25)14-6-4-5-7-15(14)26-3/h4-7,10H,8-9,11H2,1-3H3,(H,19,20,21,24). The molecule has 0 bridgehead atoms. The smallest absolute Gasteiger partial charge is 0.325 e. The molecule has 1 aliphatic heterocycles. The Morgan fingerprint density at radius 1 is 1.19 bits per heavy atom. The molecule has 136 valence electrons. The number of aromatic nitrogens is 2. The molecular weight excluding hydrogens is 334 g/mol. The SMILES string of the molecule is COc1ccccc1N1CCN(CC(=O)Nc2nc(C)cc(C)n2)C1=O. The van der Waals surface area contributed by atoms with Gasteiger partial charge in [-0.1, -0.05) is 12.1 Å². The van der Waals surface area contributed by atoms with Crippen LogP contribution in [0.2, 0.25) is 0 Å². The zero-order valence-electron chi connectivity index (χ0n) is 15.0. The minimum atomic E-state index is -0.328. The number of benzene rings is 1. The van der Waals surface area contributed by atoms with E-state index in [0.29, 0.717) is 24.5 Å². The summed E-state index contributed by atoms with van der Waals surface area (Å²) in [5.74, 6) is 0.543. The summed E-state index contributed by atoms with van der Waals surface area (Å²) in [6, 6.07) is 8.91. The summed E-state index contributed by atoms with van der Waals surface area (Å²) in [5, 5.41) is 2.65. The number of ether oxygens (including phenoxy) is 1. The van der Waals surface area contributed by atoms with E-state index in [1.54, 1.807) is 18.1 Å². The van der Waals surface area contributed by atoms with Crippen LogP contribution < -0.4 is 15.0 Å². The summed E-state index contributed by atoms with van der Waals surface area (Å²) in [7, 11) is 1.56. The van der Waals surface area contributed by atoms with Crippen molar-refractivity contribution in [2.45, 2.75) is 13.8 Å². The van der Waals surface area contributed by atoms with Gasteiger partial charge in [0.15, 0.2) is 0 Å². The van der Waals surface area contributed by atoms with E-state index in [2.05, 4.69) is 15.3 Å². The number of nitrogens with zero attached hydrogens (tertiary/aromatic N) is 4. The van der Waals surface area contributed by atoms with Crippen LogP contribution in [0.5, 0.6) is 5.75 Å². The van der Waals surface area contributed by atoms with Crippen LogP contribution in [0.25, 0.3) is 0 Å². The second kappa shape index (κ2) is 7.38. The molecule has 0 atom stereocenters. The number of aryl methyl sites for hydroxylation is 2. The molecule has 1 aromatic heterocycles. The van der Waals surface area contributed by atoms with Crippen molar-refractivity contribution in [1.82, 2.24) is 14.9 Å². The van der Waals surface area contributed by atoms with Crippen molar-refractivity contribution < 1.29 is 14.3 Å². The van der Waals surface area contributed by atoms with Crippen molar-refractivity contribution in [1.29, 1.82) is 0 Å². The Hall–Kier alpha value is -3.16. The fraction of sp³-hybridized carbons (Fsp3) is 0.333. The Balaban J connectivity index is 1.66. The van der Waals surface area contributed by atoms with E-state index in [-0.39, 0.29) is 24.4 Å². The number of carbonyl (C=O) groups is 2. The van der Waals surface area contributed by atoms with Crippen LogP contribution in [-0.4, -0.2) is 53.6 Å². The lowest BCUT2D eigenvalue weighted by molar-refractivity contribution is -0.116. The maximum absolute atomic E-state index is 12.7. The second-order valence-corrected chi connectivity index (χ2v) is 6.05. The minimum Gasteiger partial charge on any atom is -0.495 e. The number of urea groups is 1. The normalized spacial score (nSPS) is 13.9. The van der Waals surface area contributed by atoms with E-state index in [1.165, 1.54) is 4.90 Å². The van der Waals surface area contributed by atoms with Gasteiger partial charge in [0.1, 0.15) is 12.3 Å². The Bertz CT molecular complexity index is 819. The topological polar surface area (TPSA) is 87.7 Å². The van der Waals surface area contributed by atoms with E-state index in [4.69, 9.17) is 4.74 Å². The Morgan fingerprint density at radius 2 is 1.88 bits per heavy atom. The molecule has 0 saturated carbocycles. The van der Waals surface area contributed by atoms with E-state index in [1.807, 2.05) is 38.1 Å². The predicted octanol–water partition coefficient (Wildman–Crippen LogP) is 1.98. The van der Waals surface area contributed by atoms with Crippen molar-refractivity contribution in [3.8, 4) is 5.75 Å². The first-order valence-corrected chi connectivity index (χ1v) is 8.29. The van der Waals surface area contributed by atoms with Gasteiger partial charge in [0.25, 0.3) is 0 Å². The van der Waals surface area contributed by atoms with E-state index < -0.39 is 0 Å². The van der Waals surface area contributed by atoms with Crippen molar-refractivity contribution in [3.63, 3.8) is 0 Å². The molecule has 0 unspecified atom stereocenters. The van der Waals surface area contributed by atoms with E-state index >= 15 is 0 Å². The number of para-hydroxylation sites is 2. The number of anilines is 2. The molecule has 2 heterocycles. The van der Waals surface area contributed by atoms with E-state index in [9.17, 15) is 9.59 Å². The fourth-order valence-corrected chi connectivity index (χ4v) is 2.93. The fourth-order valence-electron chi connectivity index (χ4n) is 2.93. The Kier molecular flexibility index (Phi) is 5.01. The van der Waals surface area contributed by atoms with Crippen molar-refractivity contribution in [2.75, 3.05) is 37.0 Å². The molecule has 1 saturated heterocycles. The highest BCUT2D eigenvalue weighted by molar-refractivity contribution is 5.99.